The van der Waals surface area contributed by atoms with Gasteiger partial charge in [-0.25, -0.2) is 0 Å². The summed E-state index contributed by atoms with van der Waals surface area (Å²) in [7, 11) is 0. The molecule has 14 heavy (non-hydrogen) atoms. The first-order valence-corrected chi connectivity index (χ1v) is 4.99. The number of nitrogens with one attached hydrogen (secondary N) is 1. The van der Waals surface area contributed by atoms with Crippen LogP contribution in [0.4, 0.5) is 0 Å². The predicted octanol–water partition coefficient (Wildman–Crippen LogP) is 2.37. The monoisotopic (exact) mass is 188 g/mol. The molecule has 1 aromatic heterocycles. The van der Waals surface area contributed by atoms with Gasteiger partial charge in [-0.05, 0) is 37.5 Å². The van der Waals surface area contributed by atoms with E-state index in [9.17, 15) is 0 Å². The molecular formula is C12H16N2. The second-order valence-electron chi connectivity index (χ2n) is 3.99. The molecule has 0 radical (unpaired) electrons. The lowest BCUT2D eigenvalue weighted by Crippen LogP contribution is -2.17. The third-order valence-electron chi connectivity index (χ3n) is 2.54. The maximum Gasteiger partial charge on any atom is 0.0459 e. The number of benzene rings is 1. The minimum atomic E-state index is 0.216. The van der Waals surface area contributed by atoms with Gasteiger partial charge in [-0.15, -0.1) is 0 Å². The van der Waals surface area contributed by atoms with Crippen LogP contribution in [0.2, 0.25) is 0 Å². The van der Waals surface area contributed by atoms with Crippen LogP contribution < -0.4 is 5.73 Å². The molecule has 0 aliphatic heterocycles. The fraction of sp³-hybridized carbons (Fsp3) is 0.333. The summed E-state index contributed by atoms with van der Waals surface area (Å²) in [5.41, 5.74) is 9.67. The Hall–Kier alpha value is -1.28. The first-order valence-electron chi connectivity index (χ1n) is 4.99. The highest BCUT2D eigenvalue weighted by Gasteiger charge is 2.07. The fourth-order valence-electron chi connectivity index (χ4n) is 1.96. The zero-order valence-corrected chi connectivity index (χ0v) is 8.67. The number of aryl methyl sites for hydroxylation is 1. The average molecular weight is 188 g/mol. The second kappa shape index (κ2) is 3.46. The first kappa shape index (κ1) is 9.28. The number of aromatic amines is 1. The number of nitrogens with two attached hydrogens (primary N) is 1. The van der Waals surface area contributed by atoms with Crippen molar-refractivity contribution in [3.8, 4) is 0 Å². The minimum Gasteiger partial charge on any atom is -0.361 e. The van der Waals surface area contributed by atoms with Crippen LogP contribution in [0.15, 0.2) is 24.4 Å². The summed E-state index contributed by atoms with van der Waals surface area (Å²) in [6.45, 7) is 4.18. The van der Waals surface area contributed by atoms with Crippen molar-refractivity contribution >= 4 is 10.9 Å². The Kier molecular flexibility index (Phi) is 2.30. The summed E-state index contributed by atoms with van der Waals surface area (Å²) < 4.78 is 0. The smallest absolute Gasteiger partial charge is 0.0459 e. The first-order chi connectivity index (χ1) is 6.68. The maximum absolute atomic E-state index is 5.81. The molecule has 2 heteroatoms. The molecule has 0 saturated heterocycles. The maximum atomic E-state index is 5.81. The van der Waals surface area contributed by atoms with Crippen LogP contribution in [0, 0.1) is 6.92 Å². The van der Waals surface area contributed by atoms with Crippen LogP contribution in [-0.4, -0.2) is 11.0 Å². The normalized spacial score (nSPS) is 13.4. The number of fused-ring (bicyclic) bond motifs is 1. The van der Waals surface area contributed by atoms with Crippen LogP contribution in [0.25, 0.3) is 10.9 Å². The van der Waals surface area contributed by atoms with Gasteiger partial charge in [-0.3, -0.25) is 0 Å². The molecule has 1 heterocycles. The number of aromatic nitrogens is 1. The molecule has 0 spiro atoms. The Morgan fingerprint density at radius 2 is 2.21 bits per heavy atom. The molecule has 2 aromatic rings. The lowest BCUT2D eigenvalue weighted by atomic mass is 10.0. The standard InChI is InChI=1S/C12H16N2/c1-8-4-3-5-11-12(8)10(7-14-11)6-9(2)13/h3-5,7,9,14H,6,13H2,1-2H3. The molecule has 74 valence electrons. The van der Waals surface area contributed by atoms with Gasteiger partial charge in [0.15, 0.2) is 0 Å². The van der Waals surface area contributed by atoms with Crippen molar-refractivity contribution in [2.45, 2.75) is 26.3 Å². The van der Waals surface area contributed by atoms with E-state index in [-0.39, 0.29) is 6.04 Å². The average Bonchev–Trinajstić information content (AvgIpc) is 2.49. The van der Waals surface area contributed by atoms with Gasteiger partial charge in [0.1, 0.15) is 0 Å². The van der Waals surface area contributed by atoms with Gasteiger partial charge < -0.3 is 10.7 Å². The largest absolute Gasteiger partial charge is 0.361 e. The highest BCUT2D eigenvalue weighted by molar-refractivity contribution is 5.86. The predicted molar refractivity (Wildman–Crippen MR) is 60.4 cm³/mol. The van der Waals surface area contributed by atoms with Gasteiger partial charge in [0.05, 0.1) is 0 Å². The lowest BCUT2D eigenvalue weighted by molar-refractivity contribution is 0.741. The Bertz CT molecular complexity index is 441. The molecule has 0 aliphatic carbocycles. The van der Waals surface area contributed by atoms with E-state index in [1.165, 1.54) is 22.0 Å². The SMILES string of the molecule is Cc1cccc2[nH]cc(CC(C)N)c12. The van der Waals surface area contributed by atoms with E-state index < -0.39 is 0 Å². The third-order valence-corrected chi connectivity index (χ3v) is 2.54. The van der Waals surface area contributed by atoms with Gasteiger partial charge in [0, 0.05) is 23.1 Å². The van der Waals surface area contributed by atoms with E-state index >= 15 is 0 Å². The van der Waals surface area contributed by atoms with Crippen molar-refractivity contribution < 1.29 is 0 Å². The Balaban J connectivity index is 2.55. The molecule has 0 aliphatic rings. The molecule has 1 unspecified atom stereocenters. The fourth-order valence-corrected chi connectivity index (χ4v) is 1.96. The van der Waals surface area contributed by atoms with Gasteiger partial charge in [0.25, 0.3) is 0 Å². The number of rotatable bonds is 2. The Morgan fingerprint density at radius 1 is 1.43 bits per heavy atom. The van der Waals surface area contributed by atoms with Gasteiger partial charge in [-0.2, -0.15) is 0 Å². The quantitative estimate of drug-likeness (QED) is 0.746. The van der Waals surface area contributed by atoms with E-state index in [1.807, 2.05) is 6.92 Å². The van der Waals surface area contributed by atoms with E-state index in [4.69, 9.17) is 5.73 Å². The molecule has 0 saturated carbocycles. The topological polar surface area (TPSA) is 41.8 Å². The molecule has 0 bridgehead atoms. The summed E-state index contributed by atoms with van der Waals surface area (Å²) in [4.78, 5) is 3.28. The molecule has 2 rings (SSSR count). The van der Waals surface area contributed by atoms with E-state index in [0.717, 1.165) is 6.42 Å². The summed E-state index contributed by atoms with van der Waals surface area (Å²) in [6.07, 6.45) is 3.01. The second-order valence-corrected chi connectivity index (χ2v) is 3.99. The molecule has 0 fully saturated rings. The van der Waals surface area contributed by atoms with Crippen LogP contribution in [0.3, 0.4) is 0 Å². The zero-order valence-electron chi connectivity index (χ0n) is 8.67. The summed E-state index contributed by atoms with van der Waals surface area (Å²) >= 11 is 0. The molecule has 3 N–H and O–H groups in total. The highest BCUT2D eigenvalue weighted by Crippen LogP contribution is 2.22. The molecular weight excluding hydrogens is 172 g/mol. The van der Waals surface area contributed by atoms with Crippen molar-refractivity contribution in [1.29, 1.82) is 0 Å². The third kappa shape index (κ3) is 1.53. The van der Waals surface area contributed by atoms with Crippen LogP contribution in [0.5, 0.6) is 0 Å². The minimum absolute atomic E-state index is 0.216. The van der Waals surface area contributed by atoms with Crippen LogP contribution in [-0.2, 0) is 6.42 Å². The van der Waals surface area contributed by atoms with E-state index in [0.29, 0.717) is 0 Å². The molecule has 1 atom stereocenters. The summed E-state index contributed by atoms with van der Waals surface area (Å²) in [5.74, 6) is 0. The number of hydrogen-bond acceptors (Lipinski definition) is 1. The van der Waals surface area contributed by atoms with Gasteiger partial charge >= 0.3 is 0 Å². The van der Waals surface area contributed by atoms with Crippen LogP contribution >= 0.6 is 0 Å². The lowest BCUT2D eigenvalue weighted by Gasteiger charge is -2.04. The van der Waals surface area contributed by atoms with Crippen molar-refractivity contribution in [3.05, 3.63) is 35.5 Å². The van der Waals surface area contributed by atoms with Crippen molar-refractivity contribution in [2.75, 3.05) is 0 Å². The molecule has 1 aromatic carbocycles. The summed E-state index contributed by atoms with van der Waals surface area (Å²) in [5, 5.41) is 1.34. The van der Waals surface area contributed by atoms with Crippen molar-refractivity contribution in [3.63, 3.8) is 0 Å². The van der Waals surface area contributed by atoms with Crippen molar-refractivity contribution in [2.24, 2.45) is 5.73 Å². The molecule has 2 nitrogen and oxygen atoms in total. The zero-order chi connectivity index (χ0) is 10.1. The summed E-state index contributed by atoms with van der Waals surface area (Å²) in [6, 6.07) is 6.53. The van der Waals surface area contributed by atoms with Gasteiger partial charge in [0.2, 0.25) is 0 Å². The van der Waals surface area contributed by atoms with E-state index in [2.05, 4.69) is 36.3 Å². The van der Waals surface area contributed by atoms with E-state index in [1.54, 1.807) is 0 Å². The molecule has 0 amide bonds. The highest BCUT2D eigenvalue weighted by atomic mass is 14.7. The Labute approximate surface area is 84.1 Å². The van der Waals surface area contributed by atoms with Gasteiger partial charge in [-0.1, -0.05) is 12.1 Å². The van der Waals surface area contributed by atoms with Crippen LogP contribution in [0.1, 0.15) is 18.1 Å². The number of H-pyrrole nitrogens is 1. The Morgan fingerprint density at radius 3 is 2.93 bits per heavy atom. The van der Waals surface area contributed by atoms with Crippen molar-refractivity contribution in [1.82, 2.24) is 4.98 Å². The number of hydrogen-bond donors (Lipinski definition) is 2.